The maximum atomic E-state index is 13.2. The minimum absolute atomic E-state index is 0.0327. The Morgan fingerprint density at radius 1 is 1.33 bits per heavy atom. The second-order valence-corrected chi connectivity index (χ2v) is 4.33. The summed E-state index contributed by atoms with van der Waals surface area (Å²) in [7, 11) is 0. The Balaban J connectivity index is 2.03. The molecule has 3 rings (SSSR count). The SMILES string of the molecule is NC(=O)c1cn(Cc2nc3ccccc3n2C(F)F)nn1. The molecule has 9 heteroatoms. The fraction of sp³-hybridized carbons (Fsp3) is 0.167. The lowest BCUT2D eigenvalue weighted by atomic mass is 10.3. The Morgan fingerprint density at radius 2 is 2.10 bits per heavy atom. The molecule has 0 saturated heterocycles. The van der Waals surface area contributed by atoms with Gasteiger partial charge in [0.15, 0.2) is 5.69 Å². The highest BCUT2D eigenvalue weighted by Crippen LogP contribution is 2.23. The van der Waals surface area contributed by atoms with Gasteiger partial charge in [-0.25, -0.2) is 9.67 Å². The summed E-state index contributed by atoms with van der Waals surface area (Å²) in [4.78, 5) is 15.1. The number of nitrogens with two attached hydrogens (primary N) is 1. The van der Waals surface area contributed by atoms with Gasteiger partial charge in [0, 0.05) is 0 Å². The number of alkyl halides is 2. The number of nitrogens with zero attached hydrogens (tertiary/aromatic N) is 5. The van der Waals surface area contributed by atoms with Crippen LogP contribution in [0.1, 0.15) is 22.9 Å². The number of rotatable bonds is 4. The van der Waals surface area contributed by atoms with Gasteiger partial charge in [-0.1, -0.05) is 17.3 Å². The van der Waals surface area contributed by atoms with E-state index in [0.29, 0.717) is 11.0 Å². The highest BCUT2D eigenvalue weighted by molar-refractivity contribution is 5.90. The molecule has 0 bridgehead atoms. The Hall–Kier alpha value is -2.84. The van der Waals surface area contributed by atoms with Crippen LogP contribution in [0.5, 0.6) is 0 Å². The molecule has 0 atom stereocenters. The molecule has 0 aliphatic heterocycles. The highest BCUT2D eigenvalue weighted by Gasteiger charge is 2.18. The van der Waals surface area contributed by atoms with Crippen molar-refractivity contribution in [3.8, 4) is 0 Å². The predicted octanol–water partition coefficient (Wildman–Crippen LogP) is 1.17. The van der Waals surface area contributed by atoms with Gasteiger partial charge in [0.25, 0.3) is 5.91 Å². The number of benzene rings is 1. The molecule has 2 aromatic heterocycles. The second-order valence-electron chi connectivity index (χ2n) is 4.33. The number of fused-ring (bicyclic) bond motifs is 1. The third-order valence-corrected chi connectivity index (χ3v) is 2.96. The van der Waals surface area contributed by atoms with Crippen molar-refractivity contribution in [2.24, 2.45) is 5.73 Å². The van der Waals surface area contributed by atoms with Crippen LogP contribution < -0.4 is 5.73 Å². The first-order chi connectivity index (χ1) is 10.1. The monoisotopic (exact) mass is 292 g/mol. The minimum Gasteiger partial charge on any atom is -0.364 e. The second kappa shape index (κ2) is 4.93. The van der Waals surface area contributed by atoms with Gasteiger partial charge in [0.05, 0.1) is 17.2 Å². The van der Waals surface area contributed by atoms with Crippen LogP contribution >= 0.6 is 0 Å². The molecule has 1 aromatic carbocycles. The van der Waals surface area contributed by atoms with Gasteiger partial charge in [-0.15, -0.1) is 5.10 Å². The van der Waals surface area contributed by atoms with Gasteiger partial charge in [-0.05, 0) is 12.1 Å². The lowest BCUT2D eigenvalue weighted by Gasteiger charge is -2.07. The standard InChI is InChI=1S/C12H10F2N6O/c13-12(14)20-9-4-2-1-3-7(9)16-10(20)6-19-5-8(11(15)21)17-18-19/h1-5,12H,6H2,(H2,15,21). The van der Waals surface area contributed by atoms with Crippen LogP contribution in [-0.2, 0) is 6.54 Å². The average Bonchev–Trinajstić information content (AvgIpc) is 3.02. The van der Waals surface area contributed by atoms with Crippen molar-refractivity contribution < 1.29 is 13.6 Å². The minimum atomic E-state index is -2.73. The summed E-state index contributed by atoms with van der Waals surface area (Å²) in [5, 5.41) is 7.23. The maximum absolute atomic E-state index is 13.2. The van der Waals surface area contributed by atoms with Crippen molar-refractivity contribution in [2.45, 2.75) is 13.1 Å². The smallest absolute Gasteiger partial charge is 0.320 e. The highest BCUT2D eigenvalue weighted by atomic mass is 19.3. The van der Waals surface area contributed by atoms with Gasteiger partial charge in [0.2, 0.25) is 0 Å². The lowest BCUT2D eigenvalue weighted by Crippen LogP contribution is -2.11. The number of para-hydroxylation sites is 2. The molecule has 2 N–H and O–H groups in total. The van der Waals surface area contributed by atoms with Crippen molar-refractivity contribution in [1.82, 2.24) is 24.5 Å². The van der Waals surface area contributed by atoms with Crippen molar-refractivity contribution in [1.29, 1.82) is 0 Å². The Morgan fingerprint density at radius 3 is 2.76 bits per heavy atom. The quantitative estimate of drug-likeness (QED) is 0.781. The maximum Gasteiger partial charge on any atom is 0.320 e. The summed E-state index contributed by atoms with van der Waals surface area (Å²) in [6.45, 7) is -2.77. The van der Waals surface area contributed by atoms with Crippen molar-refractivity contribution >= 4 is 16.9 Å². The molecule has 108 valence electrons. The van der Waals surface area contributed by atoms with E-state index in [1.807, 2.05) is 0 Å². The first kappa shape index (κ1) is 13.2. The molecule has 0 aliphatic rings. The summed E-state index contributed by atoms with van der Waals surface area (Å²) >= 11 is 0. The van der Waals surface area contributed by atoms with E-state index in [1.54, 1.807) is 24.3 Å². The van der Waals surface area contributed by atoms with Crippen molar-refractivity contribution in [3.05, 3.63) is 42.0 Å². The predicted molar refractivity (Wildman–Crippen MR) is 68.6 cm³/mol. The molecule has 7 nitrogen and oxygen atoms in total. The van der Waals surface area contributed by atoms with E-state index >= 15 is 0 Å². The van der Waals surface area contributed by atoms with Gasteiger partial charge in [-0.3, -0.25) is 9.36 Å². The number of hydrogen-bond donors (Lipinski definition) is 1. The number of imidazole rings is 1. The number of amides is 1. The Kier molecular flexibility index (Phi) is 3.09. The molecule has 0 radical (unpaired) electrons. The van der Waals surface area contributed by atoms with Gasteiger partial charge >= 0.3 is 6.55 Å². The largest absolute Gasteiger partial charge is 0.364 e. The third-order valence-electron chi connectivity index (χ3n) is 2.96. The van der Waals surface area contributed by atoms with Crippen LogP contribution in [0.3, 0.4) is 0 Å². The van der Waals surface area contributed by atoms with Crippen LogP contribution in [0, 0.1) is 0 Å². The molecule has 3 aromatic rings. The topological polar surface area (TPSA) is 91.6 Å². The summed E-state index contributed by atoms with van der Waals surface area (Å²) < 4.78 is 28.5. The van der Waals surface area contributed by atoms with Crippen LogP contribution in [-0.4, -0.2) is 30.5 Å². The molecule has 0 saturated carbocycles. The van der Waals surface area contributed by atoms with Crippen LogP contribution in [0.4, 0.5) is 8.78 Å². The Bertz CT molecular complexity index is 809. The van der Waals surface area contributed by atoms with Gasteiger partial charge < -0.3 is 5.73 Å². The zero-order chi connectivity index (χ0) is 15.0. The molecule has 2 heterocycles. The molecule has 0 spiro atoms. The molecule has 0 aliphatic carbocycles. The summed E-state index contributed by atoms with van der Waals surface area (Å²) in [5.74, 6) is -0.615. The number of primary amides is 1. The van der Waals surface area contributed by atoms with E-state index in [-0.39, 0.29) is 18.1 Å². The fourth-order valence-electron chi connectivity index (χ4n) is 2.06. The van der Waals surface area contributed by atoms with Crippen LogP contribution in [0.2, 0.25) is 0 Å². The van der Waals surface area contributed by atoms with E-state index in [1.165, 1.54) is 10.9 Å². The zero-order valence-electron chi connectivity index (χ0n) is 10.6. The van der Waals surface area contributed by atoms with E-state index in [4.69, 9.17) is 5.73 Å². The third kappa shape index (κ3) is 2.33. The number of carbonyl (C=O) groups excluding carboxylic acids is 1. The number of carbonyl (C=O) groups is 1. The summed E-state index contributed by atoms with van der Waals surface area (Å²) in [6.07, 6.45) is 1.29. The summed E-state index contributed by atoms with van der Waals surface area (Å²) in [6, 6.07) is 6.59. The number of halogens is 2. The average molecular weight is 292 g/mol. The van der Waals surface area contributed by atoms with Crippen molar-refractivity contribution in [3.63, 3.8) is 0 Å². The molecule has 0 fully saturated rings. The van der Waals surface area contributed by atoms with Crippen molar-refractivity contribution in [2.75, 3.05) is 0 Å². The van der Waals surface area contributed by atoms with Gasteiger partial charge in [-0.2, -0.15) is 8.78 Å². The Labute approximate surface area is 117 Å². The van der Waals surface area contributed by atoms with E-state index in [9.17, 15) is 13.6 Å². The number of aromatic nitrogens is 5. The van der Waals surface area contributed by atoms with Gasteiger partial charge in [0.1, 0.15) is 12.4 Å². The molecule has 1 amide bonds. The van der Waals surface area contributed by atoms with Crippen LogP contribution in [0.15, 0.2) is 30.5 Å². The molecule has 0 unspecified atom stereocenters. The van der Waals surface area contributed by atoms with E-state index in [0.717, 1.165) is 4.57 Å². The lowest BCUT2D eigenvalue weighted by molar-refractivity contribution is 0.0710. The molecular formula is C12H10F2N6O. The molecular weight excluding hydrogens is 282 g/mol. The van der Waals surface area contributed by atoms with Crippen LogP contribution in [0.25, 0.3) is 11.0 Å². The van der Waals surface area contributed by atoms with E-state index < -0.39 is 12.5 Å². The first-order valence-corrected chi connectivity index (χ1v) is 6.00. The first-order valence-electron chi connectivity index (χ1n) is 6.00. The van der Waals surface area contributed by atoms with E-state index in [2.05, 4.69) is 15.3 Å². The normalized spacial score (nSPS) is 11.4. The number of hydrogen-bond acceptors (Lipinski definition) is 4. The zero-order valence-corrected chi connectivity index (χ0v) is 10.6. The fourth-order valence-corrected chi connectivity index (χ4v) is 2.06. The summed E-state index contributed by atoms with van der Waals surface area (Å²) in [5.41, 5.74) is 5.82. The molecule has 21 heavy (non-hydrogen) atoms.